The van der Waals surface area contributed by atoms with Crippen molar-refractivity contribution >= 4 is 15.7 Å². The summed E-state index contributed by atoms with van der Waals surface area (Å²) in [7, 11) is -3.54. The number of morpholine rings is 1. The molecular formula is C11H16N2O4S. The van der Waals surface area contributed by atoms with Crippen LogP contribution in [0.5, 0.6) is 0 Å². The molecule has 0 radical (unpaired) electrons. The predicted molar refractivity (Wildman–Crippen MR) is 66.4 cm³/mol. The first-order valence-corrected chi connectivity index (χ1v) is 7.06. The quantitative estimate of drug-likeness (QED) is 0.734. The van der Waals surface area contributed by atoms with Crippen molar-refractivity contribution in [3.8, 4) is 0 Å². The maximum atomic E-state index is 12.3. The van der Waals surface area contributed by atoms with E-state index in [2.05, 4.69) is 0 Å². The van der Waals surface area contributed by atoms with E-state index >= 15 is 0 Å². The molecule has 18 heavy (non-hydrogen) atoms. The number of rotatable bonds is 3. The van der Waals surface area contributed by atoms with Crippen molar-refractivity contribution in [3.63, 3.8) is 0 Å². The second kappa shape index (κ2) is 5.23. The first-order chi connectivity index (χ1) is 8.54. The first-order valence-electron chi connectivity index (χ1n) is 5.62. The third-order valence-corrected chi connectivity index (χ3v) is 4.70. The molecule has 1 aliphatic rings. The Morgan fingerprint density at radius 1 is 1.39 bits per heavy atom. The van der Waals surface area contributed by atoms with E-state index in [1.54, 1.807) is 12.1 Å². The lowest BCUT2D eigenvalue weighted by Crippen LogP contribution is -2.46. The molecule has 1 heterocycles. The van der Waals surface area contributed by atoms with Crippen LogP contribution in [0, 0.1) is 0 Å². The van der Waals surface area contributed by atoms with Crippen LogP contribution in [0.15, 0.2) is 29.2 Å². The van der Waals surface area contributed by atoms with Gasteiger partial charge in [-0.25, -0.2) is 8.42 Å². The molecule has 1 fully saturated rings. The Morgan fingerprint density at radius 2 is 2.06 bits per heavy atom. The molecule has 7 heteroatoms. The molecule has 3 N–H and O–H groups in total. The van der Waals surface area contributed by atoms with Crippen molar-refractivity contribution in [2.75, 3.05) is 32.0 Å². The Kier molecular flexibility index (Phi) is 3.86. The summed E-state index contributed by atoms with van der Waals surface area (Å²) in [5, 5.41) is 9.02. The van der Waals surface area contributed by atoms with Crippen LogP contribution in [0.1, 0.15) is 0 Å². The average molecular weight is 272 g/mol. The van der Waals surface area contributed by atoms with E-state index < -0.39 is 16.1 Å². The van der Waals surface area contributed by atoms with E-state index in [-0.39, 0.29) is 18.0 Å². The van der Waals surface area contributed by atoms with Crippen LogP contribution in [-0.4, -0.2) is 50.2 Å². The Bertz CT molecular complexity index is 500. The van der Waals surface area contributed by atoms with Gasteiger partial charge in [0.2, 0.25) is 10.0 Å². The summed E-state index contributed by atoms with van der Waals surface area (Å²) in [5.41, 5.74) is 6.05. The lowest BCUT2D eigenvalue weighted by molar-refractivity contribution is -0.0304. The van der Waals surface area contributed by atoms with Crippen LogP contribution in [0.2, 0.25) is 0 Å². The van der Waals surface area contributed by atoms with Gasteiger partial charge in [-0.15, -0.1) is 0 Å². The van der Waals surface area contributed by atoms with Gasteiger partial charge in [0, 0.05) is 18.8 Å². The normalized spacial score (nSPS) is 21.9. The largest absolute Gasteiger partial charge is 0.399 e. The molecule has 1 aliphatic heterocycles. The van der Waals surface area contributed by atoms with Gasteiger partial charge in [0.25, 0.3) is 0 Å². The fourth-order valence-corrected chi connectivity index (χ4v) is 3.27. The molecule has 0 aromatic heterocycles. The molecule has 1 atom stereocenters. The van der Waals surface area contributed by atoms with E-state index in [4.69, 9.17) is 15.6 Å². The molecular weight excluding hydrogens is 256 g/mol. The molecule has 100 valence electrons. The van der Waals surface area contributed by atoms with Crippen molar-refractivity contribution in [2.24, 2.45) is 0 Å². The van der Waals surface area contributed by atoms with Gasteiger partial charge in [-0.3, -0.25) is 0 Å². The highest BCUT2D eigenvalue weighted by Crippen LogP contribution is 2.19. The highest BCUT2D eigenvalue weighted by atomic mass is 32.2. The van der Waals surface area contributed by atoms with Crippen LogP contribution in [0.25, 0.3) is 0 Å². The zero-order chi connectivity index (χ0) is 13.2. The monoisotopic (exact) mass is 272 g/mol. The molecule has 1 unspecified atom stereocenters. The molecule has 1 saturated heterocycles. The molecule has 0 spiro atoms. The van der Waals surface area contributed by atoms with E-state index in [0.29, 0.717) is 18.8 Å². The minimum Gasteiger partial charge on any atom is -0.399 e. The number of sulfonamides is 1. The van der Waals surface area contributed by atoms with E-state index in [9.17, 15) is 8.42 Å². The van der Waals surface area contributed by atoms with Gasteiger partial charge in [-0.2, -0.15) is 4.31 Å². The Morgan fingerprint density at radius 3 is 2.67 bits per heavy atom. The van der Waals surface area contributed by atoms with Crippen molar-refractivity contribution in [1.29, 1.82) is 0 Å². The second-order valence-corrected chi connectivity index (χ2v) is 6.05. The molecule has 0 bridgehead atoms. The highest BCUT2D eigenvalue weighted by Gasteiger charge is 2.30. The van der Waals surface area contributed by atoms with E-state index in [0.717, 1.165) is 0 Å². The third kappa shape index (κ3) is 2.64. The number of hydrogen-bond donors (Lipinski definition) is 2. The summed E-state index contributed by atoms with van der Waals surface area (Å²) >= 11 is 0. The topological polar surface area (TPSA) is 92.9 Å². The van der Waals surface area contributed by atoms with Gasteiger partial charge in [0.05, 0.1) is 24.2 Å². The fourth-order valence-electron chi connectivity index (χ4n) is 1.81. The second-order valence-electron chi connectivity index (χ2n) is 4.11. The van der Waals surface area contributed by atoms with Crippen molar-refractivity contribution in [2.45, 2.75) is 11.0 Å². The molecule has 6 nitrogen and oxygen atoms in total. The van der Waals surface area contributed by atoms with Crippen LogP contribution < -0.4 is 5.73 Å². The van der Waals surface area contributed by atoms with Gasteiger partial charge < -0.3 is 15.6 Å². The van der Waals surface area contributed by atoms with Gasteiger partial charge in [0.15, 0.2) is 0 Å². The molecule has 0 aliphatic carbocycles. The van der Waals surface area contributed by atoms with Crippen LogP contribution in [0.4, 0.5) is 5.69 Å². The smallest absolute Gasteiger partial charge is 0.243 e. The average Bonchev–Trinajstić information content (AvgIpc) is 2.39. The zero-order valence-electron chi connectivity index (χ0n) is 9.82. The standard InChI is InChI=1S/C11H16N2O4S/c12-9-1-3-11(4-2-9)18(15,16)13-5-6-17-10(7-13)8-14/h1-4,10,14H,5-8,12H2. The number of aliphatic hydroxyl groups is 1. The first kappa shape index (κ1) is 13.3. The molecule has 0 amide bonds. The molecule has 2 rings (SSSR count). The summed E-state index contributed by atoms with van der Waals surface area (Å²) in [6, 6.07) is 6.07. The minimum atomic E-state index is -3.54. The Labute approximate surface area is 106 Å². The maximum Gasteiger partial charge on any atom is 0.243 e. The maximum absolute atomic E-state index is 12.3. The van der Waals surface area contributed by atoms with E-state index in [1.165, 1.54) is 16.4 Å². The zero-order valence-corrected chi connectivity index (χ0v) is 10.6. The van der Waals surface area contributed by atoms with Crippen molar-refractivity contribution in [3.05, 3.63) is 24.3 Å². The van der Waals surface area contributed by atoms with Gasteiger partial charge in [-0.1, -0.05) is 0 Å². The number of aliphatic hydroxyl groups excluding tert-OH is 1. The van der Waals surface area contributed by atoms with Gasteiger partial charge in [-0.05, 0) is 24.3 Å². The summed E-state index contributed by atoms with van der Waals surface area (Å²) in [6.45, 7) is 0.569. The van der Waals surface area contributed by atoms with Crippen molar-refractivity contribution < 1.29 is 18.3 Å². The lowest BCUT2D eigenvalue weighted by Gasteiger charge is -2.31. The number of benzene rings is 1. The summed E-state index contributed by atoms with van der Waals surface area (Å²) < 4.78 is 31.2. The summed E-state index contributed by atoms with van der Waals surface area (Å²) in [4.78, 5) is 0.204. The molecule has 1 aromatic carbocycles. The predicted octanol–water partition coefficient (Wildman–Crippen LogP) is -0.349. The number of nitrogens with zero attached hydrogens (tertiary/aromatic N) is 1. The van der Waals surface area contributed by atoms with E-state index in [1.807, 2.05) is 0 Å². The number of nitrogens with two attached hydrogens (primary N) is 1. The molecule has 0 saturated carbocycles. The Balaban J connectivity index is 2.22. The third-order valence-electron chi connectivity index (χ3n) is 2.82. The highest BCUT2D eigenvalue weighted by molar-refractivity contribution is 7.89. The van der Waals surface area contributed by atoms with Crippen LogP contribution in [0.3, 0.4) is 0 Å². The van der Waals surface area contributed by atoms with Gasteiger partial charge in [0.1, 0.15) is 0 Å². The number of hydrogen-bond acceptors (Lipinski definition) is 5. The number of ether oxygens (including phenoxy) is 1. The minimum absolute atomic E-state index is 0.170. The SMILES string of the molecule is Nc1ccc(S(=O)(=O)N2CCOC(CO)C2)cc1. The fraction of sp³-hybridized carbons (Fsp3) is 0.455. The summed E-state index contributed by atoms with van der Waals surface area (Å²) in [6.07, 6.45) is -0.456. The Hall–Kier alpha value is -1.15. The summed E-state index contributed by atoms with van der Waals surface area (Å²) in [5.74, 6) is 0. The number of nitrogen functional groups attached to an aromatic ring is 1. The van der Waals surface area contributed by atoms with Gasteiger partial charge >= 0.3 is 0 Å². The number of anilines is 1. The van der Waals surface area contributed by atoms with Crippen molar-refractivity contribution in [1.82, 2.24) is 4.31 Å². The van der Waals surface area contributed by atoms with Crippen LogP contribution >= 0.6 is 0 Å². The van der Waals surface area contributed by atoms with Crippen LogP contribution in [-0.2, 0) is 14.8 Å². The molecule has 1 aromatic rings. The lowest BCUT2D eigenvalue weighted by atomic mass is 10.3.